The maximum Gasteiger partial charge on any atom is 0.335 e. The number of ether oxygens (including phenoxy) is 1. The fourth-order valence-corrected chi connectivity index (χ4v) is 4.80. The number of nitrogens with one attached hydrogen (secondary N) is 1. The minimum atomic E-state index is -3.55. The molecule has 0 amide bonds. The molecule has 152 valence electrons. The number of carbonyl (C=O) groups is 1. The van der Waals surface area contributed by atoms with Gasteiger partial charge in [0.2, 0.25) is 10.0 Å². The van der Waals surface area contributed by atoms with E-state index in [0.29, 0.717) is 17.9 Å². The van der Waals surface area contributed by atoms with E-state index in [0.717, 1.165) is 11.1 Å². The second kappa shape index (κ2) is 9.10. The standard InChI is InChI=1S/C21H27NO5S/c1-5-20(14(2)3)28(25,26)22-18-11-6-15(4)12-19(18)27-13-16-7-9-17(10-8-16)21(23)24/h6-12,14,20,22H,5,13H2,1-4H3,(H,23,24). The monoisotopic (exact) mass is 405 g/mol. The van der Waals surface area contributed by atoms with E-state index >= 15 is 0 Å². The molecule has 0 aliphatic heterocycles. The SMILES string of the molecule is CCC(C(C)C)S(=O)(=O)Nc1ccc(C)cc1OCc1ccc(C(=O)O)cc1. The highest BCUT2D eigenvalue weighted by atomic mass is 32.2. The summed E-state index contributed by atoms with van der Waals surface area (Å²) in [7, 11) is -3.55. The second-order valence-electron chi connectivity index (χ2n) is 7.13. The van der Waals surface area contributed by atoms with Crippen LogP contribution in [0.5, 0.6) is 5.75 Å². The molecule has 0 fully saturated rings. The van der Waals surface area contributed by atoms with Crippen molar-refractivity contribution in [2.45, 2.75) is 46.0 Å². The van der Waals surface area contributed by atoms with Crippen LogP contribution in [0.1, 0.15) is 48.7 Å². The van der Waals surface area contributed by atoms with Crippen molar-refractivity contribution in [3.63, 3.8) is 0 Å². The molecule has 0 radical (unpaired) electrons. The maximum absolute atomic E-state index is 12.8. The molecule has 1 atom stereocenters. The van der Waals surface area contributed by atoms with Crippen molar-refractivity contribution in [3.05, 3.63) is 59.2 Å². The molecule has 2 aromatic carbocycles. The van der Waals surface area contributed by atoms with Crippen LogP contribution in [0.4, 0.5) is 5.69 Å². The first-order chi connectivity index (χ1) is 13.1. The first kappa shape index (κ1) is 21.8. The van der Waals surface area contributed by atoms with Crippen LogP contribution in [0.2, 0.25) is 0 Å². The molecule has 2 N–H and O–H groups in total. The third-order valence-electron chi connectivity index (χ3n) is 4.53. The summed E-state index contributed by atoms with van der Waals surface area (Å²) in [6, 6.07) is 11.7. The van der Waals surface area contributed by atoms with Crippen LogP contribution in [0.15, 0.2) is 42.5 Å². The van der Waals surface area contributed by atoms with E-state index in [4.69, 9.17) is 9.84 Å². The lowest BCUT2D eigenvalue weighted by Gasteiger charge is -2.22. The summed E-state index contributed by atoms with van der Waals surface area (Å²) in [6.07, 6.45) is 0.519. The van der Waals surface area contributed by atoms with E-state index in [2.05, 4.69) is 4.72 Å². The van der Waals surface area contributed by atoms with Crippen LogP contribution < -0.4 is 9.46 Å². The van der Waals surface area contributed by atoms with Gasteiger partial charge in [0.1, 0.15) is 12.4 Å². The van der Waals surface area contributed by atoms with Gasteiger partial charge in [0, 0.05) is 0 Å². The normalized spacial score (nSPS) is 12.6. The maximum atomic E-state index is 12.8. The third kappa shape index (κ3) is 5.48. The number of carboxylic acid groups (broad SMARTS) is 1. The smallest absolute Gasteiger partial charge is 0.335 e. The minimum Gasteiger partial charge on any atom is -0.487 e. The summed E-state index contributed by atoms with van der Waals surface area (Å²) >= 11 is 0. The summed E-state index contributed by atoms with van der Waals surface area (Å²) in [4.78, 5) is 10.9. The highest BCUT2D eigenvalue weighted by molar-refractivity contribution is 7.93. The number of rotatable bonds is 9. The molecular weight excluding hydrogens is 378 g/mol. The number of benzene rings is 2. The highest BCUT2D eigenvalue weighted by Crippen LogP contribution is 2.29. The van der Waals surface area contributed by atoms with Crippen LogP contribution in [0.3, 0.4) is 0 Å². The molecule has 2 rings (SSSR count). The van der Waals surface area contributed by atoms with Crippen LogP contribution >= 0.6 is 0 Å². The van der Waals surface area contributed by atoms with Crippen LogP contribution in [-0.4, -0.2) is 24.7 Å². The molecule has 7 heteroatoms. The average molecular weight is 406 g/mol. The van der Waals surface area contributed by atoms with Gasteiger partial charge in [-0.25, -0.2) is 13.2 Å². The van der Waals surface area contributed by atoms with Crippen molar-refractivity contribution in [3.8, 4) is 5.75 Å². The lowest BCUT2D eigenvalue weighted by Crippen LogP contribution is -2.31. The van der Waals surface area contributed by atoms with Crippen LogP contribution in [0.25, 0.3) is 0 Å². The molecule has 1 unspecified atom stereocenters. The summed E-state index contributed by atoms with van der Waals surface area (Å²) in [5.41, 5.74) is 2.32. The number of aryl methyl sites for hydroxylation is 1. The number of anilines is 1. The summed E-state index contributed by atoms with van der Waals surface area (Å²) in [5, 5.41) is 8.47. The van der Waals surface area contributed by atoms with Crippen molar-refractivity contribution in [2.24, 2.45) is 5.92 Å². The van der Waals surface area contributed by atoms with E-state index in [9.17, 15) is 13.2 Å². The number of hydrogen-bond donors (Lipinski definition) is 2. The van der Waals surface area contributed by atoms with E-state index < -0.39 is 21.2 Å². The predicted molar refractivity (Wildman–Crippen MR) is 110 cm³/mol. The van der Waals surface area contributed by atoms with Gasteiger partial charge < -0.3 is 9.84 Å². The molecule has 0 aromatic heterocycles. The van der Waals surface area contributed by atoms with Gasteiger partial charge in [0.15, 0.2) is 0 Å². The Morgan fingerprint density at radius 1 is 1.14 bits per heavy atom. The number of carboxylic acids is 1. The van der Waals surface area contributed by atoms with Gasteiger partial charge in [-0.05, 0) is 54.7 Å². The average Bonchev–Trinajstić information content (AvgIpc) is 2.62. The Bertz CT molecular complexity index is 920. The summed E-state index contributed by atoms with van der Waals surface area (Å²) in [6.45, 7) is 7.73. The van der Waals surface area contributed by atoms with Crippen molar-refractivity contribution >= 4 is 21.7 Å². The summed E-state index contributed by atoms with van der Waals surface area (Å²) < 4.78 is 34.1. The third-order valence-corrected chi connectivity index (χ3v) is 6.71. The van der Waals surface area contributed by atoms with Crippen molar-refractivity contribution in [1.82, 2.24) is 0 Å². The second-order valence-corrected chi connectivity index (χ2v) is 9.03. The molecule has 0 saturated carbocycles. The molecule has 6 nitrogen and oxygen atoms in total. The Balaban J connectivity index is 2.21. The highest BCUT2D eigenvalue weighted by Gasteiger charge is 2.27. The van der Waals surface area contributed by atoms with Gasteiger partial charge in [-0.1, -0.05) is 39.0 Å². The number of aromatic carboxylic acids is 1. The largest absolute Gasteiger partial charge is 0.487 e. The zero-order chi connectivity index (χ0) is 20.9. The van der Waals surface area contributed by atoms with E-state index in [1.165, 1.54) is 12.1 Å². The first-order valence-corrected chi connectivity index (χ1v) is 10.8. The quantitative estimate of drug-likeness (QED) is 0.643. The molecule has 0 spiro atoms. The Kier molecular flexibility index (Phi) is 7.07. The van der Waals surface area contributed by atoms with E-state index in [1.807, 2.05) is 33.8 Å². The van der Waals surface area contributed by atoms with Gasteiger partial charge in [0.25, 0.3) is 0 Å². The zero-order valence-electron chi connectivity index (χ0n) is 16.6. The Labute approximate surface area is 166 Å². The van der Waals surface area contributed by atoms with E-state index in [-0.39, 0.29) is 18.1 Å². The topological polar surface area (TPSA) is 92.7 Å². The van der Waals surface area contributed by atoms with Gasteiger partial charge in [0.05, 0.1) is 16.5 Å². The van der Waals surface area contributed by atoms with Crippen LogP contribution in [-0.2, 0) is 16.6 Å². The van der Waals surface area contributed by atoms with Gasteiger partial charge >= 0.3 is 5.97 Å². The van der Waals surface area contributed by atoms with Gasteiger partial charge in [-0.2, -0.15) is 0 Å². The van der Waals surface area contributed by atoms with Crippen LogP contribution in [0, 0.1) is 12.8 Å². The lowest BCUT2D eigenvalue weighted by atomic mass is 10.1. The zero-order valence-corrected chi connectivity index (χ0v) is 17.4. The molecule has 0 saturated heterocycles. The molecule has 0 heterocycles. The Morgan fingerprint density at radius 3 is 2.32 bits per heavy atom. The molecule has 0 aliphatic rings. The van der Waals surface area contributed by atoms with Gasteiger partial charge in [-0.3, -0.25) is 4.72 Å². The minimum absolute atomic E-state index is 0.00920. The lowest BCUT2D eigenvalue weighted by molar-refractivity contribution is 0.0697. The first-order valence-electron chi connectivity index (χ1n) is 9.21. The Hall–Kier alpha value is -2.54. The van der Waals surface area contributed by atoms with Gasteiger partial charge in [-0.15, -0.1) is 0 Å². The van der Waals surface area contributed by atoms with Crippen molar-refractivity contribution in [1.29, 1.82) is 0 Å². The predicted octanol–water partition coefficient (Wildman–Crippen LogP) is 4.45. The molecule has 2 aromatic rings. The fourth-order valence-electron chi connectivity index (χ4n) is 3.02. The summed E-state index contributed by atoms with van der Waals surface area (Å²) in [5.74, 6) is -0.562. The molecule has 0 aliphatic carbocycles. The molecular formula is C21H27NO5S. The molecule has 28 heavy (non-hydrogen) atoms. The van der Waals surface area contributed by atoms with Crippen molar-refractivity contribution in [2.75, 3.05) is 4.72 Å². The number of hydrogen-bond acceptors (Lipinski definition) is 4. The number of sulfonamides is 1. The fraction of sp³-hybridized carbons (Fsp3) is 0.381. The van der Waals surface area contributed by atoms with E-state index in [1.54, 1.807) is 24.3 Å². The Morgan fingerprint density at radius 2 is 1.79 bits per heavy atom. The molecule has 0 bridgehead atoms. The van der Waals surface area contributed by atoms with Crippen molar-refractivity contribution < 1.29 is 23.1 Å².